The lowest BCUT2D eigenvalue weighted by Crippen LogP contribution is -2.42. The molecule has 29 heavy (non-hydrogen) atoms. The van der Waals surface area contributed by atoms with Gasteiger partial charge in [0.1, 0.15) is 5.75 Å². The first-order valence-electron chi connectivity index (χ1n) is 9.55. The van der Waals surface area contributed by atoms with E-state index in [4.69, 9.17) is 4.74 Å². The molecule has 2 amide bonds. The van der Waals surface area contributed by atoms with Gasteiger partial charge in [0, 0.05) is 23.5 Å². The standard InChI is InChI=1S/C22H24N2O5/c1-29-15-12-10-14(11-13-15)23-21(26)18-8-4-5-9-19(18)24-20(25)16-6-2-3-7-17(16)22(27)28/h4-5,8-13,16-17H,2-3,6-7H2,1H3,(H,23,26)(H,24,25)(H,27,28)/p-1/t16-,17+/m0/s1. The predicted molar refractivity (Wildman–Crippen MR) is 106 cm³/mol. The van der Waals surface area contributed by atoms with Crippen LogP contribution in [0.1, 0.15) is 36.0 Å². The highest BCUT2D eigenvalue weighted by Gasteiger charge is 2.32. The summed E-state index contributed by atoms with van der Waals surface area (Å²) in [5, 5.41) is 16.9. The SMILES string of the molecule is COc1ccc(NC(=O)c2ccccc2NC(=O)[C@H]2CCCC[C@H]2C(=O)[O-])cc1. The number of aliphatic carboxylic acids is 1. The van der Waals surface area contributed by atoms with Crippen LogP contribution in [0.5, 0.6) is 5.75 Å². The maximum Gasteiger partial charge on any atom is 0.257 e. The second-order valence-electron chi connectivity index (χ2n) is 7.03. The van der Waals surface area contributed by atoms with E-state index in [0.29, 0.717) is 30.0 Å². The van der Waals surface area contributed by atoms with Crippen molar-refractivity contribution in [1.82, 2.24) is 0 Å². The molecule has 152 valence electrons. The van der Waals surface area contributed by atoms with E-state index in [2.05, 4.69) is 10.6 Å². The molecule has 2 N–H and O–H groups in total. The van der Waals surface area contributed by atoms with Gasteiger partial charge in [0.25, 0.3) is 5.91 Å². The third-order valence-electron chi connectivity index (χ3n) is 5.18. The molecule has 0 aromatic heterocycles. The van der Waals surface area contributed by atoms with Gasteiger partial charge >= 0.3 is 0 Å². The number of rotatable bonds is 6. The molecule has 0 aliphatic heterocycles. The van der Waals surface area contributed by atoms with Crippen molar-refractivity contribution < 1.29 is 24.2 Å². The summed E-state index contributed by atoms with van der Waals surface area (Å²) in [6, 6.07) is 13.5. The van der Waals surface area contributed by atoms with Gasteiger partial charge in [-0.15, -0.1) is 0 Å². The number of hydrogen-bond acceptors (Lipinski definition) is 5. The number of amides is 2. The van der Waals surface area contributed by atoms with Crippen LogP contribution in [0.25, 0.3) is 0 Å². The topological polar surface area (TPSA) is 108 Å². The average Bonchev–Trinajstić information content (AvgIpc) is 2.74. The second-order valence-corrected chi connectivity index (χ2v) is 7.03. The predicted octanol–water partition coefficient (Wildman–Crippen LogP) is 2.44. The maximum absolute atomic E-state index is 12.7. The molecule has 1 aliphatic rings. The summed E-state index contributed by atoms with van der Waals surface area (Å²) < 4.78 is 5.10. The van der Waals surface area contributed by atoms with E-state index in [0.717, 1.165) is 12.8 Å². The molecular formula is C22H23N2O5-. The van der Waals surface area contributed by atoms with Crippen molar-refractivity contribution in [3.8, 4) is 5.75 Å². The zero-order chi connectivity index (χ0) is 20.8. The number of carboxylic acids is 1. The highest BCUT2D eigenvalue weighted by Crippen LogP contribution is 2.31. The van der Waals surface area contributed by atoms with Gasteiger partial charge in [-0.25, -0.2) is 0 Å². The molecular weight excluding hydrogens is 372 g/mol. The Balaban J connectivity index is 1.74. The van der Waals surface area contributed by atoms with Gasteiger partial charge in [0.15, 0.2) is 0 Å². The van der Waals surface area contributed by atoms with Crippen LogP contribution < -0.4 is 20.5 Å². The Kier molecular flexibility index (Phi) is 6.49. The van der Waals surface area contributed by atoms with Crippen LogP contribution in [0.15, 0.2) is 48.5 Å². The lowest BCUT2D eigenvalue weighted by molar-refractivity contribution is -0.313. The van der Waals surface area contributed by atoms with Crippen molar-refractivity contribution in [1.29, 1.82) is 0 Å². The Morgan fingerprint density at radius 1 is 0.931 bits per heavy atom. The fraction of sp³-hybridized carbons (Fsp3) is 0.318. The lowest BCUT2D eigenvalue weighted by atomic mass is 9.78. The molecule has 0 unspecified atom stereocenters. The largest absolute Gasteiger partial charge is 0.550 e. The van der Waals surface area contributed by atoms with Gasteiger partial charge in [-0.3, -0.25) is 9.59 Å². The fourth-order valence-corrected chi connectivity index (χ4v) is 3.62. The first-order valence-corrected chi connectivity index (χ1v) is 9.55. The minimum absolute atomic E-state index is 0.289. The molecule has 3 rings (SSSR count). The number of benzene rings is 2. The third-order valence-corrected chi connectivity index (χ3v) is 5.18. The zero-order valence-corrected chi connectivity index (χ0v) is 16.1. The first kappa shape index (κ1) is 20.4. The molecule has 0 saturated heterocycles. The first-order chi connectivity index (χ1) is 14.0. The van der Waals surface area contributed by atoms with Crippen molar-refractivity contribution in [2.45, 2.75) is 25.7 Å². The number of ether oxygens (including phenoxy) is 1. The highest BCUT2D eigenvalue weighted by atomic mass is 16.5. The van der Waals surface area contributed by atoms with Crippen molar-refractivity contribution in [3.05, 3.63) is 54.1 Å². The molecule has 0 radical (unpaired) electrons. The van der Waals surface area contributed by atoms with E-state index in [9.17, 15) is 19.5 Å². The molecule has 1 aliphatic carbocycles. The molecule has 7 heteroatoms. The second kappa shape index (κ2) is 9.23. The number of anilines is 2. The molecule has 2 atom stereocenters. The normalized spacial score (nSPS) is 18.5. The monoisotopic (exact) mass is 395 g/mol. The lowest BCUT2D eigenvalue weighted by Gasteiger charge is -2.31. The molecule has 7 nitrogen and oxygen atoms in total. The van der Waals surface area contributed by atoms with E-state index in [-0.39, 0.29) is 11.5 Å². The van der Waals surface area contributed by atoms with Gasteiger partial charge in [0.05, 0.1) is 18.4 Å². The van der Waals surface area contributed by atoms with Crippen LogP contribution in [0, 0.1) is 11.8 Å². The van der Waals surface area contributed by atoms with Crippen LogP contribution in [-0.2, 0) is 9.59 Å². The van der Waals surface area contributed by atoms with Gasteiger partial charge in [-0.05, 0) is 49.2 Å². The van der Waals surface area contributed by atoms with Crippen LogP contribution in [-0.4, -0.2) is 24.9 Å². The van der Waals surface area contributed by atoms with E-state index < -0.39 is 23.7 Å². The molecule has 0 heterocycles. The third kappa shape index (κ3) is 4.93. The Hall–Kier alpha value is -3.35. The average molecular weight is 395 g/mol. The number of methoxy groups -OCH3 is 1. The minimum Gasteiger partial charge on any atom is -0.550 e. The van der Waals surface area contributed by atoms with Gasteiger partial charge in [-0.1, -0.05) is 25.0 Å². The number of carbonyl (C=O) groups is 3. The zero-order valence-electron chi connectivity index (χ0n) is 16.1. The van der Waals surface area contributed by atoms with Crippen LogP contribution in [0.2, 0.25) is 0 Å². The number of hydrogen-bond donors (Lipinski definition) is 2. The van der Waals surface area contributed by atoms with Crippen LogP contribution in [0.4, 0.5) is 11.4 Å². The van der Waals surface area contributed by atoms with Gasteiger partial charge in [-0.2, -0.15) is 0 Å². The number of carboxylic acid groups (broad SMARTS) is 1. The van der Waals surface area contributed by atoms with E-state index in [1.807, 2.05) is 0 Å². The Labute approximate surface area is 169 Å². The maximum atomic E-state index is 12.7. The molecule has 0 spiro atoms. The summed E-state index contributed by atoms with van der Waals surface area (Å²) in [6.45, 7) is 0. The van der Waals surface area contributed by atoms with Gasteiger partial charge in [0.2, 0.25) is 5.91 Å². The van der Waals surface area contributed by atoms with Crippen molar-refractivity contribution >= 4 is 29.2 Å². The van der Waals surface area contributed by atoms with Gasteiger partial charge < -0.3 is 25.3 Å². The molecule has 0 bridgehead atoms. The van der Waals surface area contributed by atoms with Crippen molar-refractivity contribution in [3.63, 3.8) is 0 Å². The number of para-hydroxylation sites is 1. The summed E-state index contributed by atoms with van der Waals surface area (Å²) >= 11 is 0. The Morgan fingerprint density at radius 3 is 2.24 bits per heavy atom. The molecule has 2 aromatic rings. The summed E-state index contributed by atoms with van der Waals surface area (Å²) in [6.07, 6.45) is 2.48. The molecule has 1 saturated carbocycles. The van der Waals surface area contributed by atoms with E-state index >= 15 is 0 Å². The van der Waals surface area contributed by atoms with E-state index in [1.165, 1.54) is 0 Å². The van der Waals surface area contributed by atoms with E-state index in [1.54, 1.807) is 55.6 Å². The summed E-state index contributed by atoms with van der Waals surface area (Å²) in [7, 11) is 1.56. The van der Waals surface area contributed by atoms with Crippen molar-refractivity contribution in [2.75, 3.05) is 17.7 Å². The quantitative estimate of drug-likeness (QED) is 0.781. The summed E-state index contributed by atoms with van der Waals surface area (Å²) in [5.74, 6) is -2.77. The van der Waals surface area contributed by atoms with Crippen LogP contribution >= 0.6 is 0 Å². The molecule has 2 aromatic carbocycles. The Morgan fingerprint density at radius 2 is 1.59 bits per heavy atom. The number of nitrogens with one attached hydrogen (secondary N) is 2. The van der Waals surface area contributed by atoms with Crippen LogP contribution in [0.3, 0.4) is 0 Å². The smallest absolute Gasteiger partial charge is 0.257 e. The molecule has 1 fully saturated rings. The Bertz CT molecular complexity index is 894. The number of carbonyl (C=O) groups excluding carboxylic acids is 3. The van der Waals surface area contributed by atoms with Crippen molar-refractivity contribution in [2.24, 2.45) is 11.8 Å². The summed E-state index contributed by atoms with van der Waals surface area (Å²) in [4.78, 5) is 36.8. The summed E-state index contributed by atoms with van der Waals surface area (Å²) in [5.41, 5.74) is 1.21. The fourth-order valence-electron chi connectivity index (χ4n) is 3.62. The minimum atomic E-state index is -1.20. The highest BCUT2D eigenvalue weighted by molar-refractivity contribution is 6.10.